The van der Waals surface area contributed by atoms with E-state index < -0.39 is 5.97 Å². The summed E-state index contributed by atoms with van der Waals surface area (Å²) in [7, 11) is 0. The summed E-state index contributed by atoms with van der Waals surface area (Å²) in [6.45, 7) is 2.23. The molecule has 0 aromatic carbocycles. The predicted molar refractivity (Wildman–Crippen MR) is 59.5 cm³/mol. The zero-order valence-corrected chi connectivity index (χ0v) is 9.43. The van der Waals surface area contributed by atoms with Crippen LogP contribution in [0.15, 0.2) is 0 Å². The van der Waals surface area contributed by atoms with Gasteiger partial charge in [-0.3, -0.25) is 4.79 Å². The zero-order valence-electron chi connectivity index (χ0n) is 9.43. The van der Waals surface area contributed by atoms with Gasteiger partial charge in [0.25, 0.3) is 0 Å². The fourth-order valence-corrected chi connectivity index (χ4v) is 1.59. The second kappa shape index (κ2) is 10.6. The fourth-order valence-electron chi connectivity index (χ4n) is 1.59. The topological polar surface area (TPSA) is 37.3 Å². The Labute approximate surface area is 87.7 Å². The van der Waals surface area contributed by atoms with E-state index in [1.54, 1.807) is 0 Å². The number of hydrogen-bond donors (Lipinski definition) is 1. The molecule has 0 aromatic heterocycles. The highest BCUT2D eigenvalue weighted by atomic mass is 16.5. The van der Waals surface area contributed by atoms with Crippen molar-refractivity contribution in [2.24, 2.45) is 0 Å². The third-order valence-electron chi connectivity index (χ3n) is 2.49. The summed E-state index contributed by atoms with van der Waals surface area (Å²) >= 11 is 0. The first-order valence-corrected chi connectivity index (χ1v) is 5.99. The van der Waals surface area contributed by atoms with E-state index in [0.717, 1.165) is 12.8 Å². The summed E-state index contributed by atoms with van der Waals surface area (Å²) in [5.41, 5.74) is 0. The van der Waals surface area contributed by atoms with Crippen molar-refractivity contribution in [1.29, 1.82) is 0 Å². The van der Waals surface area contributed by atoms with Gasteiger partial charge in [0.15, 0.2) is 0 Å². The van der Waals surface area contributed by atoms with Gasteiger partial charge in [-0.2, -0.15) is 0 Å². The van der Waals surface area contributed by atoms with Crippen LogP contribution in [0.1, 0.15) is 71.1 Å². The third-order valence-corrected chi connectivity index (χ3v) is 2.49. The standard InChI is InChI=1S/C12H24O2/c1-2-3-4-5-6-7-8-9-10-11-12(13)14/h2-11H2,1H3,(H,13,14)/i11+1,12+1. The first-order chi connectivity index (χ1) is 6.77. The lowest BCUT2D eigenvalue weighted by molar-refractivity contribution is -0.137. The molecule has 14 heavy (non-hydrogen) atoms. The summed E-state index contributed by atoms with van der Waals surface area (Å²) in [4.78, 5) is 10.2. The van der Waals surface area contributed by atoms with E-state index in [4.69, 9.17) is 5.11 Å². The molecule has 84 valence electrons. The Morgan fingerprint density at radius 1 is 0.857 bits per heavy atom. The Hall–Kier alpha value is -0.530. The molecule has 0 atom stereocenters. The summed E-state index contributed by atoms with van der Waals surface area (Å²) in [6.07, 6.45) is 11.5. The van der Waals surface area contributed by atoms with Gasteiger partial charge in [-0.15, -0.1) is 0 Å². The van der Waals surface area contributed by atoms with Crippen molar-refractivity contribution in [1.82, 2.24) is 0 Å². The maximum absolute atomic E-state index is 10.2. The quantitative estimate of drug-likeness (QED) is 0.429. The van der Waals surface area contributed by atoms with Gasteiger partial charge in [-0.25, -0.2) is 0 Å². The minimum absolute atomic E-state index is 0.343. The molecule has 0 amide bonds. The van der Waals surface area contributed by atoms with Crippen LogP contribution in [0.2, 0.25) is 0 Å². The molecule has 0 unspecified atom stereocenters. The highest BCUT2D eigenvalue weighted by molar-refractivity contribution is 5.66. The molecule has 0 aliphatic rings. The van der Waals surface area contributed by atoms with Gasteiger partial charge in [-0.05, 0) is 6.42 Å². The normalized spacial score (nSPS) is 10.4. The molecule has 0 aliphatic carbocycles. The first kappa shape index (κ1) is 13.5. The molecule has 0 saturated heterocycles. The van der Waals surface area contributed by atoms with Crippen LogP contribution in [-0.2, 0) is 4.79 Å². The monoisotopic (exact) mass is 202 g/mol. The van der Waals surface area contributed by atoms with E-state index in [2.05, 4.69) is 6.92 Å². The van der Waals surface area contributed by atoms with Gasteiger partial charge in [0, 0.05) is 6.42 Å². The molecule has 0 bridgehead atoms. The van der Waals surface area contributed by atoms with E-state index in [-0.39, 0.29) is 0 Å². The zero-order chi connectivity index (χ0) is 10.6. The Kier molecular flexibility index (Phi) is 10.2. The average Bonchev–Trinajstić information content (AvgIpc) is 2.15. The molecule has 0 saturated carbocycles. The lowest BCUT2D eigenvalue weighted by atomic mass is 10.1. The molecule has 2 nitrogen and oxygen atoms in total. The van der Waals surface area contributed by atoms with Crippen molar-refractivity contribution in [3.63, 3.8) is 0 Å². The Bertz CT molecular complexity index is 132. The summed E-state index contributed by atoms with van der Waals surface area (Å²) < 4.78 is 0. The predicted octanol–water partition coefficient (Wildman–Crippen LogP) is 3.99. The molecule has 0 rings (SSSR count). The van der Waals surface area contributed by atoms with Crippen LogP contribution in [-0.4, -0.2) is 11.1 Å². The molecule has 0 aromatic rings. The minimum Gasteiger partial charge on any atom is -0.481 e. The van der Waals surface area contributed by atoms with Gasteiger partial charge in [0.1, 0.15) is 0 Å². The van der Waals surface area contributed by atoms with E-state index in [1.807, 2.05) is 0 Å². The Morgan fingerprint density at radius 3 is 1.71 bits per heavy atom. The molecule has 0 fully saturated rings. The van der Waals surface area contributed by atoms with Crippen LogP contribution in [0, 0.1) is 0 Å². The van der Waals surface area contributed by atoms with Crippen molar-refractivity contribution >= 4 is 5.97 Å². The van der Waals surface area contributed by atoms with Gasteiger partial charge >= 0.3 is 5.97 Å². The Balaban J connectivity index is 2.88. The maximum Gasteiger partial charge on any atom is 0.303 e. The van der Waals surface area contributed by atoms with Crippen LogP contribution < -0.4 is 0 Å². The first-order valence-electron chi connectivity index (χ1n) is 5.99. The van der Waals surface area contributed by atoms with E-state index in [9.17, 15) is 4.79 Å². The number of unbranched alkanes of at least 4 members (excludes halogenated alkanes) is 8. The highest BCUT2D eigenvalue weighted by Gasteiger charge is 1.96. The van der Waals surface area contributed by atoms with Crippen LogP contribution in [0.5, 0.6) is 0 Å². The molecular weight excluding hydrogens is 178 g/mol. The molecule has 0 spiro atoms. The number of carbonyl (C=O) groups is 1. The lowest BCUT2D eigenvalue weighted by Crippen LogP contribution is -1.93. The van der Waals surface area contributed by atoms with Crippen molar-refractivity contribution < 1.29 is 9.90 Å². The van der Waals surface area contributed by atoms with Gasteiger partial charge < -0.3 is 5.11 Å². The molecule has 0 heterocycles. The molecule has 2 heteroatoms. The van der Waals surface area contributed by atoms with Gasteiger partial charge in [0.05, 0.1) is 0 Å². The average molecular weight is 202 g/mol. The molecule has 0 radical (unpaired) electrons. The largest absolute Gasteiger partial charge is 0.481 e. The second-order valence-electron chi connectivity index (χ2n) is 3.97. The lowest BCUT2D eigenvalue weighted by Gasteiger charge is -2.00. The third kappa shape index (κ3) is 11.5. The molecule has 1 N–H and O–H groups in total. The van der Waals surface area contributed by atoms with Crippen LogP contribution in [0.4, 0.5) is 0 Å². The summed E-state index contributed by atoms with van der Waals surface area (Å²) in [5.74, 6) is -0.659. The van der Waals surface area contributed by atoms with Crippen molar-refractivity contribution in [3.8, 4) is 0 Å². The van der Waals surface area contributed by atoms with E-state index >= 15 is 0 Å². The number of rotatable bonds is 10. The SMILES string of the molecule is CCCCCCCCCC[13CH2][13C](=O)O. The van der Waals surface area contributed by atoms with Gasteiger partial charge in [0.2, 0.25) is 0 Å². The smallest absolute Gasteiger partial charge is 0.303 e. The van der Waals surface area contributed by atoms with Gasteiger partial charge in [-0.1, -0.05) is 58.3 Å². The van der Waals surface area contributed by atoms with Crippen molar-refractivity contribution in [2.45, 2.75) is 71.1 Å². The van der Waals surface area contributed by atoms with Crippen molar-refractivity contribution in [2.75, 3.05) is 0 Å². The number of aliphatic carboxylic acids is 1. The summed E-state index contributed by atoms with van der Waals surface area (Å²) in [5, 5.41) is 8.41. The van der Waals surface area contributed by atoms with E-state index in [1.165, 1.54) is 44.9 Å². The maximum atomic E-state index is 10.2. The second-order valence-corrected chi connectivity index (χ2v) is 3.97. The molecule has 0 aliphatic heterocycles. The number of carboxylic acids is 1. The molecular formula is C12H24O2. The van der Waals surface area contributed by atoms with Crippen LogP contribution in [0.3, 0.4) is 0 Å². The summed E-state index contributed by atoms with van der Waals surface area (Å²) in [6, 6.07) is 0. The van der Waals surface area contributed by atoms with Crippen molar-refractivity contribution in [3.05, 3.63) is 0 Å². The van der Waals surface area contributed by atoms with Crippen LogP contribution >= 0.6 is 0 Å². The Morgan fingerprint density at radius 2 is 1.29 bits per heavy atom. The van der Waals surface area contributed by atoms with Crippen LogP contribution in [0.25, 0.3) is 0 Å². The number of hydrogen-bond acceptors (Lipinski definition) is 1. The highest BCUT2D eigenvalue weighted by Crippen LogP contribution is 2.10. The fraction of sp³-hybridized carbons (Fsp3) is 0.917. The number of carboxylic acid groups (broad SMARTS) is 1. The van der Waals surface area contributed by atoms with E-state index in [0.29, 0.717) is 6.42 Å². The minimum atomic E-state index is -0.659.